The summed E-state index contributed by atoms with van der Waals surface area (Å²) < 4.78 is 17.0. The highest BCUT2D eigenvalue weighted by molar-refractivity contribution is 5.71. The number of rotatable bonds is 66. The van der Waals surface area contributed by atoms with E-state index in [0.717, 1.165) is 96.3 Å². The Labute approximate surface area is 504 Å². The molecule has 0 amide bonds. The van der Waals surface area contributed by atoms with E-state index in [4.69, 9.17) is 14.2 Å². The van der Waals surface area contributed by atoms with Crippen molar-refractivity contribution in [3.8, 4) is 0 Å². The molecule has 0 aromatic rings. The summed E-state index contributed by atoms with van der Waals surface area (Å²) in [6.07, 6.45) is 89.6. The lowest BCUT2D eigenvalue weighted by Gasteiger charge is -2.18. The minimum atomic E-state index is -0.782. The van der Waals surface area contributed by atoms with Crippen LogP contribution in [-0.4, -0.2) is 37.2 Å². The van der Waals surface area contributed by atoms with E-state index in [-0.39, 0.29) is 31.1 Å². The Hall–Kier alpha value is -2.89. The minimum Gasteiger partial charge on any atom is -0.462 e. The molecule has 0 aromatic heterocycles. The van der Waals surface area contributed by atoms with Gasteiger partial charge in [-0.1, -0.05) is 338 Å². The van der Waals surface area contributed by atoms with Crippen LogP contribution in [0, 0.1) is 0 Å². The number of hydrogen-bond acceptors (Lipinski definition) is 6. The summed E-state index contributed by atoms with van der Waals surface area (Å²) >= 11 is 0. The first-order valence-electron chi connectivity index (χ1n) is 35.8. The van der Waals surface area contributed by atoms with E-state index >= 15 is 0 Å². The second-order valence-electron chi connectivity index (χ2n) is 24.1. The summed E-state index contributed by atoms with van der Waals surface area (Å²) in [4.78, 5) is 38.5. The molecule has 0 aromatic carbocycles. The molecule has 0 bridgehead atoms. The van der Waals surface area contributed by atoms with Gasteiger partial charge in [-0.15, -0.1) is 0 Å². The number of unbranched alkanes of at least 4 members (excludes halogenated alkanes) is 45. The number of ether oxygens (including phenoxy) is 3. The van der Waals surface area contributed by atoms with Gasteiger partial charge in [0, 0.05) is 19.3 Å². The standard InChI is InChI=1S/C75H136O6/c1-4-7-10-13-16-19-22-25-28-31-34-35-36-37-38-39-42-44-47-50-53-56-59-62-65-68-74(77)80-71-72(81-75(78)69-66-63-60-57-54-51-48-45-41-33-30-27-24-21-18-15-12-9-6-3)70-79-73(76)67-64-61-58-55-52-49-46-43-40-32-29-26-23-20-17-14-11-8-5-2/h9,12,18,21,27,30-31,34,41,45,72H,4-8,10-11,13-17,19-20,22-26,28-29,32-33,35-40,42-44,46-71H2,1-3H3/b12-9-,21-18-,30-27-,34-31-,45-41-. The lowest BCUT2D eigenvalue weighted by atomic mass is 10.0. The Morgan fingerprint density at radius 2 is 0.481 bits per heavy atom. The predicted molar refractivity (Wildman–Crippen MR) is 353 cm³/mol. The zero-order valence-electron chi connectivity index (χ0n) is 54.3. The van der Waals surface area contributed by atoms with Crippen LogP contribution in [0.3, 0.4) is 0 Å². The van der Waals surface area contributed by atoms with E-state index < -0.39 is 6.10 Å². The number of carbonyl (C=O) groups excluding carboxylic acids is 3. The molecule has 0 aliphatic carbocycles. The normalized spacial score (nSPS) is 12.4. The van der Waals surface area contributed by atoms with Crippen LogP contribution in [0.25, 0.3) is 0 Å². The fourth-order valence-corrected chi connectivity index (χ4v) is 10.7. The Kier molecular flexibility index (Phi) is 67.1. The molecule has 0 saturated heterocycles. The van der Waals surface area contributed by atoms with Gasteiger partial charge in [-0.25, -0.2) is 0 Å². The Morgan fingerprint density at radius 1 is 0.259 bits per heavy atom. The number of carbonyl (C=O) groups is 3. The van der Waals surface area contributed by atoms with Crippen molar-refractivity contribution in [3.05, 3.63) is 60.8 Å². The van der Waals surface area contributed by atoms with Crippen LogP contribution in [0.1, 0.15) is 380 Å². The van der Waals surface area contributed by atoms with Crippen molar-refractivity contribution in [3.63, 3.8) is 0 Å². The zero-order chi connectivity index (χ0) is 58.5. The van der Waals surface area contributed by atoms with Gasteiger partial charge in [0.2, 0.25) is 0 Å². The summed E-state index contributed by atoms with van der Waals surface area (Å²) in [7, 11) is 0. The molecule has 472 valence electrons. The molecule has 1 unspecified atom stereocenters. The quantitative estimate of drug-likeness (QED) is 0.0261. The van der Waals surface area contributed by atoms with Crippen molar-refractivity contribution in [1.82, 2.24) is 0 Å². The van der Waals surface area contributed by atoms with Crippen molar-refractivity contribution in [2.45, 2.75) is 386 Å². The van der Waals surface area contributed by atoms with E-state index in [1.165, 1.54) is 244 Å². The molecule has 0 aliphatic rings. The van der Waals surface area contributed by atoms with Crippen LogP contribution in [0.4, 0.5) is 0 Å². The third-order valence-corrected chi connectivity index (χ3v) is 16.0. The molecular formula is C75H136O6. The predicted octanol–water partition coefficient (Wildman–Crippen LogP) is 24.7. The summed E-state index contributed by atoms with van der Waals surface area (Å²) in [5, 5.41) is 0. The topological polar surface area (TPSA) is 78.9 Å². The molecule has 0 radical (unpaired) electrons. The molecule has 6 heteroatoms. The van der Waals surface area contributed by atoms with Gasteiger partial charge in [0.25, 0.3) is 0 Å². The van der Waals surface area contributed by atoms with Gasteiger partial charge < -0.3 is 14.2 Å². The van der Waals surface area contributed by atoms with Gasteiger partial charge in [-0.2, -0.15) is 0 Å². The average Bonchev–Trinajstić information content (AvgIpc) is 3.47. The lowest BCUT2D eigenvalue weighted by Crippen LogP contribution is -2.30. The van der Waals surface area contributed by atoms with E-state index in [2.05, 4.69) is 81.5 Å². The summed E-state index contributed by atoms with van der Waals surface area (Å²) in [6.45, 7) is 6.59. The Morgan fingerprint density at radius 3 is 0.765 bits per heavy atom. The molecule has 1 atom stereocenters. The largest absolute Gasteiger partial charge is 0.462 e. The highest BCUT2D eigenvalue weighted by atomic mass is 16.6. The van der Waals surface area contributed by atoms with Crippen LogP contribution >= 0.6 is 0 Å². The highest BCUT2D eigenvalue weighted by Gasteiger charge is 2.19. The maximum Gasteiger partial charge on any atom is 0.306 e. The van der Waals surface area contributed by atoms with Gasteiger partial charge in [-0.3, -0.25) is 14.4 Å². The second kappa shape index (κ2) is 69.6. The molecule has 6 nitrogen and oxygen atoms in total. The average molecular weight is 1130 g/mol. The van der Waals surface area contributed by atoms with Crippen molar-refractivity contribution < 1.29 is 28.6 Å². The monoisotopic (exact) mass is 1130 g/mol. The van der Waals surface area contributed by atoms with E-state index in [9.17, 15) is 14.4 Å². The number of hydrogen-bond donors (Lipinski definition) is 0. The second-order valence-corrected chi connectivity index (χ2v) is 24.1. The fourth-order valence-electron chi connectivity index (χ4n) is 10.7. The van der Waals surface area contributed by atoms with Crippen LogP contribution in [-0.2, 0) is 28.6 Å². The van der Waals surface area contributed by atoms with Gasteiger partial charge in [0.1, 0.15) is 13.2 Å². The van der Waals surface area contributed by atoms with Crippen LogP contribution in [0.15, 0.2) is 60.8 Å². The molecule has 81 heavy (non-hydrogen) atoms. The zero-order valence-corrected chi connectivity index (χ0v) is 54.3. The summed E-state index contributed by atoms with van der Waals surface area (Å²) in [5.74, 6) is -0.864. The molecular weight excluding hydrogens is 997 g/mol. The first kappa shape index (κ1) is 78.1. The SMILES string of the molecule is CC/C=C\C/C=C\C/C=C\C/C=C\CCCCCCCCC(=O)OC(COC(=O)CCCCCCCCCCCCCCC/C=C\CCCCCCCCCC)COC(=O)CCCCCCCCCCCCCCCCCCCCC. The van der Waals surface area contributed by atoms with Crippen molar-refractivity contribution in [2.75, 3.05) is 13.2 Å². The molecule has 0 saturated carbocycles. The first-order valence-corrected chi connectivity index (χ1v) is 35.8. The van der Waals surface area contributed by atoms with Crippen LogP contribution < -0.4 is 0 Å². The van der Waals surface area contributed by atoms with Gasteiger partial charge in [0.15, 0.2) is 6.10 Å². The lowest BCUT2D eigenvalue weighted by molar-refractivity contribution is -0.167. The van der Waals surface area contributed by atoms with Crippen LogP contribution in [0.2, 0.25) is 0 Å². The minimum absolute atomic E-state index is 0.0758. The van der Waals surface area contributed by atoms with E-state index in [1.807, 2.05) is 0 Å². The van der Waals surface area contributed by atoms with Crippen molar-refractivity contribution in [2.24, 2.45) is 0 Å². The highest BCUT2D eigenvalue weighted by Crippen LogP contribution is 2.18. The first-order chi connectivity index (χ1) is 40.0. The Bertz CT molecular complexity index is 1440. The van der Waals surface area contributed by atoms with Crippen molar-refractivity contribution in [1.29, 1.82) is 0 Å². The van der Waals surface area contributed by atoms with Gasteiger partial charge in [-0.05, 0) is 83.5 Å². The molecule has 0 rings (SSSR count). The smallest absolute Gasteiger partial charge is 0.306 e. The van der Waals surface area contributed by atoms with Gasteiger partial charge in [0.05, 0.1) is 0 Å². The van der Waals surface area contributed by atoms with E-state index in [1.54, 1.807) is 0 Å². The van der Waals surface area contributed by atoms with Gasteiger partial charge >= 0.3 is 17.9 Å². The maximum atomic E-state index is 13.0. The third kappa shape index (κ3) is 67.8. The third-order valence-electron chi connectivity index (χ3n) is 16.0. The molecule has 0 aliphatic heterocycles. The molecule has 0 fully saturated rings. The molecule has 0 N–H and O–H groups in total. The Balaban J connectivity index is 4.32. The van der Waals surface area contributed by atoms with E-state index in [0.29, 0.717) is 19.3 Å². The molecule has 0 spiro atoms. The number of esters is 3. The maximum absolute atomic E-state index is 13.0. The van der Waals surface area contributed by atoms with Crippen LogP contribution in [0.5, 0.6) is 0 Å². The fraction of sp³-hybridized carbons (Fsp3) is 0.827. The summed E-state index contributed by atoms with van der Waals surface area (Å²) in [5.41, 5.74) is 0. The van der Waals surface area contributed by atoms with Crippen molar-refractivity contribution >= 4 is 17.9 Å². The summed E-state index contributed by atoms with van der Waals surface area (Å²) in [6, 6.07) is 0. The molecule has 0 heterocycles. The number of allylic oxidation sites excluding steroid dienone is 10.